The molecule has 3 rings (SSSR count). The lowest BCUT2D eigenvalue weighted by molar-refractivity contribution is 0.188. The third-order valence-electron chi connectivity index (χ3n) is 3.88. The van der Waals surface area contributed by atoms with Gasteiger partial charge in [0.1, 0.15) is 5.76 Å². The summed E-state index contributed by atoms with van der Waals surface area (Å²) in [5.41, 5.74) is 1.91. The molecule has 2 amide bonds. The highest BCUT2D eigenvalue weighted by molar-refractivity contribution is 5.74. The number of aromatic nitrogens is 1. The summed E-state index contributed by atoms with van der Waals surface area (Å²) in [4.78, 5) is 14.0. The highest BCUT2D eigenvalue weighted by Gasteiger charge is 2.23. The highest BCUT2D eigenvalue weighted by Crippen LogP contribution is 2.27. The molecule has 0 saturated heterocycles. The van der Waals surface area contributed by atoms with Crippen molar-refractivity contribution in [1.82, 2.24) is 15.4 Å². The second-order valence-corrected chi connectivity index (χ2v) is 5.29. The van der Waals surface area contributed by atoms with Gasteiger partial charge in [-0.2, -0.15) is 0 Å². The van der Waals surface area contributed by atoms with Crippen LogP contribution in [-0.2, 0) is 19.5 Å². The smallest absolute Gasteiger partial charge is 0.317 e. The van der Waals surface area contributed by atoms with Crippen LogP contribution in [0, 0.1) is 0 Å². The predicted molar refractivity (Wildman–Crippen MR) is 82.4 cm³/mol. The molecule has 1 aliphatic heterocycles. The Morgan fingerprint density at radius 2 is 2.17 bits per heavy atom. The van der Waals surface area contributed by atoms with E-state index in [4.69, 9.17) is 14.0 Å². The van der Waals surface area contributed by atoms with Gasteiger partial charge in [0, 0.05) is 25.1 Å². The maximum absolute atomic E-state index is 12.3. The number of ether oxygens (including phenoxy) is 2. The molecular weight excluding hydrogens is 298 g/mol. The van der Waals surface area contributed by atoms with E-state index in [0.717, 1.165) is 16.9 Å². The molecule has 1 aliphatic rings. The SMILES string of the molecule is COc1ccc(CNC(=O)N2CCc3oncc3C2)cc1OC. The Hall–Kier alpha value is -2.70. The van der Waals surface area contributed by atoms with Crippen LogP contribution in [0.5, 0.6) is 11.5 Å². The molecule has 0 fully saturated rings. The van der Waals surface area contributed by atoms with E-state index in [-0.39, 0.29) is 6.03 Å². The van der Waals surface area contributed by atoms with Crippen molar-refractivity contribution in [2.75, 3.05) is 20.8 Å². The molecule has 0 aliphatic carbocycles. The number of urea groups is 1. The van der Waals surface area contributed by atoms with Crippen LogP contribution >= 0.6 is 0 Å². The minimum atomic E-state index is -0.105. The molecule has 1 N–H and O–H groups in total. The number of nitrogens with zero attached hydrogens (tertiary/aromatic N) is 2. The summed E-state index contributed by atoms with van der Waals surface area (Å²) < 4.78 is 15.6. The van der Waals surface area contributed by atoms with Crippen LogP contribution in [0.1, 0.15) is 16.9 Å². The lowest BCUT2D eigenvalue weighted by Gasteiger charge is -2.25. The van der Waals surface area contributed by atoms with Gasteiger partial charge in [-0.05, 0) is 17.7 Å². The predicted octanol–water partition coefficient (Wildman–Crippen LogP) is 1.96. The van der Waals surface area contributed by atoms with Crippen LogP contribution in [0.15, 0.2) is 28.9 Å². The fraction of sp³-hybridized carbons (Fsp3) is 0.375. The lowest BCUT2D eigenvalue weighted by atomic mass is 10.1. The van der Waals surface area contributed by atoms with Gasteiger partial charge in [-0.15, -0.1) is 0 Å². The zero-order valence-corrected chi connectivity index (χ0v) is 13.2. The first-order valence-corrected chi connectivity index (χ1v) is 7.37. The van der Waals surface area contributed by atoms with Crippen molar-refractivity contribution >= 4 is 6.03 Å². The van der Waals surface area contributed by atoms with E-state index in [1.54, 1.807) is 25.3 Å². The molecule has 0 radical (unpaired) electrons. The Kier molecular flexibility index (Phi) is 4.36. The number of carbonyl (C=O) groups excluding carboxylic acids is 1. The van der Waals surface area contributed by atoms with Crippen LogP contribution in [0.4, 0.5) is 4.79 Å². The third kappa shape index (κ3) is 3.23. The number of benzene rings is 1. The second kappa shape index (κ2) is 6.60. The molecular formula is C16H19N3O4. The van der Waals surface area contributed by atoms with Gasteiger partial charge in [0.05, 0.1) is 27.0 Å². The summed E-state index contributed by atoms with van der Waals surface area (Å²) in [6, 6.07) is 5.47. The molecule has 0 unspecified atom stereocenters. The summed E-state index contributed by atoms with van der Waals surface area (Å²) in [5, 5.41) is 6.69. The van der Waals surface area contributed by atoms with Gasteiger partial charge in [0.15, 0.2) is 11.5 Å². The molecule has 0 atom stereocenters. The number of hydrogen-bond acceptors (Lipinski definition) is 5. The van der Waals surface area contributed by atoms with Gasteiger partial charge >= 0.3 is 6.03 Å². The summed E-state index contributed by atoms with van der Waals surface area (Å²) in [5.74, 6) is 2.18. The van der Waals surface area contributed by atoms with E-state index >= 15 is 0 Å². The number of fused-ring (bicyclic) bond motifs is 1. The molecule has 1 aromatic carbocycles. The Bertz CT molecular complexity index is 698. The summed E-state index contributed by atoms with van der Waals surface area (Å²) >= 11 is 0. The topological polar surface area (TPSA) is 76.8 Å². The molecule has 7 nitrogen and oxygen atoms in total. The van der Waals surface area contributed by atoms with Crippen molar-refractivity contribution < 1.29 is 18.8 Å². The Labute approximate surface area is 134 Å². The quantitative estimate of drug-likeness (QED) is 0.933. The van der Waals surface area contributed by atoms with Gasteiger partial charge in [-0.25, -0.2) is 4.79 Å². The maximum atomic E-state index is 12.3. The Morgan fingerprint density at radius 1 is 1.35 bits per heavy atom. The monoisotopic (exact) mass is 317 g/mol. The van der Waals surface area contributed by atoms with Crippen LogP contribution in [0.3, 0.4) is 0 Å². The van der Waals surface area contributed by atoms with Gasteiger partial charge in [0.2, 0.25) is 0 Å². The van der Waals surface area contributed by atoms with Crippen molar-refractivity contribution in [3.63, 3.8) is 0 Å². The van der Waals surface area contributed by atoms with Crippen molar-refractivity contribution in [2.24, 2.45) is 0 Å². The van der Waals surface area contributed by atoms with Crippen LogP contribution in [0.25, 0.3) is 0 Å². The van der Waals surface area contributed by atoms with Gasteiger partial charge < -0.3 is 24.2 Å². The minimum absolute atomic E-state index is 0.105. The number of methoxy groups -OCH3 is 2. The molecule has 7 heteroatoms. The second-order valence-electron chi connectivity index (χ2n) is 5.29. The summed E-state index contributed by atoms with van der Waals surface area (Å²) in [7, 11) is 3.18. The molecule has 0 saturated carbocycles. The molecule has 122 valence electrons. The van der Waals surface area contributed by atoms with Crippen molar-refractivity contribution in [2.45, 2.75) is 19.5 Å². The van der Waals surface area contributed by atoms with Gasteiger partial charge in [-0.3, -0.25) is 0 Å². The van der Waals surface area contributed by atoms with Crippen molar-refractivity contribution in [3.8, 4) is 11.5 Å². The van der Waals surface area contributed by atoms with Crippen molar-refractivity contribution in [1.29, 1.82) is 0 Å². The number of rotatable bonds is 4. The number of hydrogen-bond donors (Lipinski definition) is 1. The fourth-order valence-corrected chi connectivity index (χ4v) is 2.59. The Morgan fingerprint density at radius 3 is 2.96 bits per heavy atom. The zero-order chi connectivity index (χ0) is 16.2. The maximum Gasteiger partial charge on any atom is 0.317 e. The molecule has 0 spiro atoms. The number of amides is 2. The van der Waals surface area contributed by atoms with E-state index < -0.39 is 0 Å². The van der Waals surface area contributed by atoms with E-state index in [1.165, 1.54) is 0 Å². The van der Waals surface area contributed by atoms with E-state index in [0.29, 0.717) is 37.6 Å². The van der Waals surface area contributed by atoms with Gasteiger partial charge in [0.25, 0.3) is 0 Å². The third-order valence-corrected chi connectivity index (χ3v) is 3.88. The summed E-state index contributed by atoms with van der Waals surface area (Å²) in [6.07, 6.45) is 2.36. The normalized spacial score (nSPS) is 13.4. The molecule has 2 heterocycles. The minimum Gasteiger partial charge on any atom is -0.493 e. The van der Waals surface area contributed by atoms with Crippen LogP contribution < -0.4 is 14.8 Å². The van der Waals surface area contributed by atoms with E-state index in [1.807, 2.05) is 18.2 Å². The lowest BCUT2D eigenvalue weighted by Crippen LogP contribution is -2.42. The summed E-state index contributed by atoms with van der Waals surface area (Å²) in [6.45, 7) is 1.57. The van der Waals surface area contributed by atoms with E-state index in [2.05, 4.69) is 10.5 Å². The molecule has 1 aromatic heterocycles. The zero-order valence-electron chi connectivity index (χ0n) is 13.2. The van der Waals surface area contributed by atoms with Gasteiger partial charge in [-0.1, -0.05) is 11.2 Å². The average molecular weight is 317 g/mol. The Balaban J connectivity index is 1.59. The largest absolute Gasteiger partial charge is 0.493 e. The number of carbonyl (C=O) groups is 1. The molecule has 0 bridgehead atoms. The first kappa shape index (κ1) is 15.2. The van der Waals surface area contributed by atoms with E-state index in [9.17, 15) is 4.79 Å². The van der Waals surface area contributed by atoms with Crippen LogP contribution in [0.2, 0.25) is 0 Å². The first-order valence-electron chi connectivity index (χ1n) is 7.37. The average Bonchev–Trinajstić information content (AvgIpc) is 3.06. The molecule has 2 aromatic rings. The van der Waals surface area contributed by atoms with Crippen molar-refractivity contribution in [3.05, 3.63) is 41.3 Å². The van der Waals surface area contributed by atoms with Crippen LogP contribution in [-0.4, -0.2) is 36.9 Å². The highest BCUT2D eigenvalue weighted by atomic mass is 16.5. The number of nitrogens with one attached hydrogen (secondary N) is 1. The standard InChI is InChI=1S/C16H19N3O4/c1-21-14-4-3-11(7-15(14)22-2)8-17-16(20)19-6-5-13-12(10-19)9-18-23-13/h3-4,7,9H,5-6,8,10H2,1-2H3,(H,17,20). The molecule has 23 heavy (non-hydrogen) atoms. The fourth-order valence-electron chi connectivity index (χ4n) is 2.59. The first-order chi connectivity index (χ1) is 11.2.